The van der Waals surface area contributed by atoms with E-state index in [0.717, 1.165) is 33.7 Å². The maximum Gasteiger partial charge on any atom is 0.234 e. The Kier molecular flexibility index (Phi) is 5.15. The van der Waals surface area contributed by atoms with E-state index in [2.05, 4.69) is 10.3 Å². The molecule has 0 bridgehead atoms. The molecule has 0 atom stereocenters. The molecule has 0 fully saturated rings. The number of ether oxygens (including phenoxy) is 1. The second kappa shape index (κ2) is 6.86. The number of aryl methyl sites for hydroxylation is 1. The summed E-state index contributed by atoms with van der Waals surface area (Å²) in [5.74, 6) is 2.22. The maximum atomic E-state index is 11.8. The number of nitrogens with one attached hydrogen (secondary N) is 1. The highest BCUT2D eigenvalue weighted by Gasteiger charge is 2.11. The van der Waals surface area contributed by atoms with E-state index in [9.17, 15) is 4.79 Å². The van der Waals surface area contributed by atoms with Gasteiger partial charge in [0.2, 0.25) is 5.91 Å². The molecule has 102 valence electrons. The molecule has 0 saturated heterocycles. The molecule has 2 rings (SSSR count). The zero-order valence-corrected chi connectivity index (χ0v) is 12.6. The summed E-state index contributed by atoms with van der Waals surface area (Å²) in [4.78, 5) is 16.1. The minimum Gasteiger partial charge on any atom is -0.497 e. The van der Waals surface area contributed by atoms with Crippen molar-refractivity contribution in [1.29, 1.82) is 0 Å². The number of aliphatic imine (C=N–C) groups is 1. The monoisotopic (exact) mass is 296 g/mol. The Morgan fingerprint density at radius 1 is 1.58 bits per heavy atom. The molecule has 4 nitrogen and oxygen atoms in total. The molecule has 19 heavy (non-hydrogen) atoms. The molecular weight excluding hydrogens is 280 g/mol. The molecule has 0 unspecified atom stereocenters. The molecule has 1 aromatic rings. The summed E-state index contributed by atoms with van der Waals surface area (Å²) in [6.45, 7) is 2.81. The van der Waals surface area contributed by atoms with Crippen LogP contribution in [0.25, 0.3) is 0 Å². The van der Waals surface area contributed by atoms with Crippen molar-refractivity contribution >= 4 is 39.5 Å². The van der Waals surface area contributed by atoms with Gasteiger partial charge in [-0.2, -0.15) is 0 Å². The summed E-state index contributed by atoms with van der Waals surface area (Å²) < 4.78 is 6.15. The largest absolute Gasteiger partial charge is 0.497 e. The van der Waals surface area contributed by atoms with Crippen LogP contribution in [0.3, 0.4) is 0 Å². The van der Waals surface area contributed by atoms with E-state index < -0.39 is 0 Å². The number of carbonyl (C=O) groups is 1. The highest BCUT2D eigenvalue weighted by Crippen LogP contribution is 2.23. The van der Waals surface area contributed by atoms with E-state index in [0.29, 0.717) is 5.75 Å². The van der Waals surface area contributed by atoms with Crippen LogP contribution >= 0.6 is 23.5 Å². The van der Waals surface area contributed by atoms with Gasteiger partial charge in [0.15, 0.2) is 0 Å². The normalized spacial score (nSPS) is 14.1. The molecule has 1 aliphatic heterocycles. The van der Waals surface area contributed by atoms with Gasteiger partial charge < -0.3 is 10.1 Å². The van der Waals surface area contributed by atoms with Crippen LogP contribution in [0.4, 0.5) is 5.69 Å². The summed E-state index contributed by atoms with van der Waals surface area (Å²) in [7, 11) is 1.63. The highest BCUT2D eigenvalue weighted by molar-refractivity contribution is 8.39. The number of hydrogen-bond acceptors (Lipinski definition) is 5. The summed E-state index contributed by atoms with van der Waals surface area (Å²) >= 11 is 3.22. The Morgan fingerprint density at radius 2 is 2.42 bits per heavy atom. The van der Waals surface area contributed by atoms with E-state index in [1.54, 1.807) is 18.9 Å². The number of rotatable bonds is 4. The minimum absolute atomic E-state index is 0.00605. The number of amides is 1. The van der Waals surface area contributed by atoms with Crippen molar-refractivity contribution in [1.82, 2.24) is 0 Å². The van der Waals surface area contributed by atoms with Crippen molar-refractivity contribution in [2.75, 3.05) is 30.5 Å². The van der Waals surface area contributed by atoms with Crippen molar-refractivity contribution in [2.24, 2.45) is 4.99 Å². The topological polar surface area (TPSA) is 50.7 Å². The lowest BCUT2D eigenvalue weighted by Crippen LogP contribution is -2.15. The minimum atomic E-state index is -0.00605. The maximum absolute atomic E-state index is 11.8. The average molecular weight is 296 g/mol. The van der Waals surface area contributed by atoms with Crippen LogP contribution in [0, 0.1) is 6.92 Å². The molecule has 1 amide bonds. The molecule has 0 spiro atoms. The van der Waals surface area contributed by atoms with Crippen LogP contribution in [-0.4, -0.2) is 35.4 Å². The van der Waals surface area contributed by atoms with Gasteiger partial charge in [-0.3, -0.25) is 9.79 Å². The Bertz CT molecular complexity index is 503. The number of thioether (sulfide) groups is 2. The van der Waals surface area contributed by atoms with Crippen LogP contribution in [0.15, 0.2) is 23.2 Å². The van der Waals surface area contributed by atoms with Crippen LogP contribution in [-0.2, 0) is 4.79 Å². The first-order valence-electron chi connectivity index (χ1n) is 5.93. The van der Waals surface area contributed by atoms with Gasteiger partial charge in [0.05, 0.1) is 19.4 Å². The van der Waals surface area contributed by atoms with E-state index in [1.807, 2.05) is 25.1 Å². The molecule has 0 aromatic heterocycles. The lowest BCUT2D eigenvalue weighted by molar-refractivity contribution is -0.113. The van der Waals surface area contributed by atoms with Crippen molar-refractivity contribution in [3.63, 3.8) is 0 Å². The molecule has 1 aliphatic rings. The quantitative estimate of drug-likeness (QED) is 0.928. The van der Waals surface area contributed by atoms with Crippen molar-refractivity contribution < 1.29 is 9.53 Å². The van der Waals surface area contributed by atoms with Crippen LogP contribution in [0.5, 0.6) is 5.75 Å². The smallest absolute Gasteiger partial charge is 0.234 e. The molecule has 0 saturated carbocycles. The van der Waals surface area contributed by atoms with Gasteiger partial charge in [-0.1, -0.05) is 23.5 Å². The third kappa shape index (κ3) is 4.18. The summed E-state index contributed by atoms with van der Waals surface area (Å²) in [6.07, 6.45) is 0. The van der Waals surface area contributed by atoms with Gasteiger partial charge in [0.25, 0.3) is 0 Å². The van der Waals surface area contributed by atoms with Gasteiger partial charge in [0, 0.05) is 11.4 Å². The van der Waals surface area contributed by atoms with Crippen LogP contribution in [0.1, 0.15) is 5.56 Å². The predicted molar refractivity (Wildman–Crippen MR) is 83.6 cm³/mol. The number of carbonyl (C=O) groups excluding carboxylic acids is 1. The number of benzene rings is 1. The van der Waals surface area contributed by atoms with E-state index in [4.69, 9.17) is 4.74 Å². The summed E-state index contributed by atoms with van der Waals surface area (Å²) in [6, 6.07) is 5.60. The molecule has 1 N–H and O–H groups in total. The average Bonchev–Trinajstić information content (AvgIpc) is 2.92. The van der Waals surface area contributed by atoms with Gasteiger partial charge in [-0.05, 0) is 30.7 Å². The van der Waals surface area contributed by atoms with Crippen molar-refractivity contribution in [3.05, 3.63) is 23.8 Å². The number of methoxy groups -OCH3 is 1. The fraction of sp³-hybridized carbons (Fsp3) is 0.385. The Balaban J connectivity index is 1.87. The number of hydrogen-bond donors (Lipinski definition) is 1. The molecule has 1 heterocycles. The molecule has 0 aliphatic carbocycles. The van der Waals surface area contributed by atoms with E-state index in [1.165, 1.54) is 11.8 Å². The summed E-state index contributed by atoms with van der Waals surface area (Å²) in [5, 5.41) is 2.91. The number of anilines is 1. The fourth-order valence-corrected chi connectivity index (χ4v) is 3.43. The summed E-state index contributed by atoms with van der Waals surface area (Å²) in [5.41, 5.74) is 1.82. The third-order valence-corrected chi connectivity index (χ3v) is 4.84. The Hall–Kier alpha value is -1.14. The van der Waals surface area contributed by atoms with Crippen LogP contribution < -0.4 is 10.1 Å². The SMILES string of the molecule is COc1ccc(NC(=O)CSC2=NCCS2)c(C)c1. The standard InChI is InChI=1S/C13H16N2O2S2/c1-9-7-10(17-2)3-4-11(9)15-12(16)8-19-13-14-5-6-18-13/h3-4,7H,5-6,8H2,1-2H3,(H,15,16). The first-order valence-corrected chi connectivity index (χ1v) is 7.90. The van der Waals surface area contributed by atoms with Gasteiger partial charge >= 0.3 is 0 Å². The van der Waals surface area contributed by atoms with E-state index in [-0.39, 0.29) is 5.91 Å². The molecule has 6 heteroatoms. The zero-order valence-electron chi connectivity index (χ0n) is 10.9. The molecular formula is C13H16N2O2S2. The second-order valence-corrected chi connectivity index (χ2v) is 6.32. The lowest BCUT2D eigenvalue weighted by Gasteiger charge is -2.09. The Labute approximate surface area is 121 Å². The van der Waals surface area contributed by atoms with Gasteiger partial charge in [-0.15, -0.1) is 0 Å². The highest BCUT2D eigenvalue weighted by atomic mass is 32.2. The Morgan fingerprint density at radius 3 is 3.05 bits per heavy atom. The van der Waals surface area contributed by atoms with Crippen molar-refractivity contribution in [3.8, 4) is 5.75 Å². The van der Waals surface area contributed by atoms with Gasteiger partial charge in [-0.25, -0.2) is 0 Å². The lowest BCUT2D eigenvalue weighted by atomic mass is 10.2. The third-order valence-electron chi connectivity index (χ3n) is 2.59. The molecule has 0 radical (unpaired) electrons. The van der Waals surface area contributed by atoms with Crippen LogP contribution in [0.2, 0.25) is 0 Å². The second-order valence-electron chi connectivity index (χ2n) is 4.01. The predicted octanol–water partition coefficient (Wildman–Crippen LogP) is 2.78. The van der Waals surface area contributed by atoms with Crippen molar-refractivity contribution in [2.45, 2.75) is 6.92 Å². The first-order chi connectivity index (χ1) is 9.19. The van der Waals surface area contributed by atoms with E-state index >= 15 is 0 Å². The number of nitrogens with zero attached hydrogens (tertiary/aromatic N) is 1. The zero-order chi connectivity index (χ0) is 13.7. The van der Waals surface area contributed by atoms with Gasteiger partial charge in [0.1, 0.15) is 10.1 Å². The molecule has 1 aromatic carbocycles. The first kappa shape index (κ1) is 14.3. The fourth-order valence-electron chi connectivity index (χ4n) is 1.62.